The summed E-state index contributed by atoms with van der Waals surface area (Å²) in [6, 6.07) is 7.81. The van der Waals surface area contributed by atoms with E-state index in [1.165, 1.54) is 0 Å². The van der Waals surface area contributed by atoms with Crippen LogP contribution in [0, 0.1) is 5.92 Å². The number of aromatic amines is 1. The zero-order valence-corrected chi connectivity index (χ0v) is 15.4. The molecule has 0 aliphatic carbocycles. The predicted molar refractivity (Wildman–Crippen MR) is 105 cm³/mol. The number of H-pyrrole nitrogens is 1. The first-order valence-electron chi connectivity index (χ1n) is 9.35. The summed E-state index contributed by atoms with van der Waals surface area (Å²) in [5, 5.41) is 1.01. The molecule has 2 aromatic heterocycles. The van der Waals surface area contributed by atoms with E-state index in [1.807, 2.05) is 30.5 Å². The van der Waals surface area contributed by atoms with Gasteiger partial charge in [0.25, 0.3) is 0 Å². The number of aromatic nitrogens is 3. The first-order valence-corrected chi connectivity index (χ1v) is 9.35. The Labute approximate surface area is 162 Å². The van der Waals surface area contributed by atoms with Crippen LogP contribution >= 0.6 is 0 Å². The fraction of sp³-hybridized carbons (Fsp3) is 0.300. The molecular formula is C20H22N6O2. The van der Waals surface area contributed by atoms with E-state index < -0.39 is 0 Å². The van der Waals surface area contributed by atoms with Gasteiger partial charge in [0.05, 0.1) is 12.6 Å². The number of piperidine rings is 1. The Morgan fingerprint density at radius 2 is 1.96 bits per heavy atom. The number of benzene rings is 1. The highest BCUT2D eigenvalue weighted by molar-refractivity contribution is 5.90. The lowest BCUT2D eigenvalue weighted by Crippen LogP contribution is -2.47. The third-order valence-electron chi connectivity index (χ3n) is 5.09. The van der Waals surface area contributed by atoms with E-state index in [4.69, 9.17) is 0 Å². The zero-order chi connectivity index (χ0) is 19.3. The van der Waals surface area contributed by atoms with E-state index >= 15 is 0 Å². The van der Waals surface area contributed by atoms with Crippen LogP contribution in [-0.2, 0) is 16.0 Å². The summed E-state index contributed by atoms with van der Waals surface area (Å²) in [5.74, 6) is 0.316. The summed E-state index contributed by atoms with van der Waals surface area (Å²) < 4.78 is 0. The average Bonchev–Trinajstić information content (AvgIpc) is 3.15. The van der Waals surface area contributed by atoms with Crippen molar-refractivity contribution in [2.75, 3.05) is 18.0 Å². The van der Waals surface area contributed by atoms with Crippen LogP contribution in [0.15, 0.2) is 49.1 Å². The summed E-state index contributed by atoms with van der Waals surface area (Å²) in [6.45, 7) is 1.47. The maximum atomic E-state index is 12.4. The maximum Gasteiger partial charge on any atom is 0.242 e. The number of hydrazine groups is 1. The van der Waals surface area contributed by atoms with Gasteiger partial charge in [-0.05, 0) is 24.5 Å². The van der Waals surface area contributed by atoms with Gasteiger partial charge in [-0.15, -0.1) is 0 Å². The topological polar surface area (TPSA) is 103 Å². The number of para-hydroxylation sites is 1. The van der Waals surface area contributed by atoms with Crippen molar-refractivity contribution < 1.29 is 9.59 Å². The van der Waals surface area contributed by atoms with Gasteiger partial charge >= 0.3 is 0 Å². The minimum atomic E-state index is -0.241. The molecule has 2 amide bonds. The quantitative estimate of drug-likeness (QED) is 0.598. The number of rotatable bonds is 4. The second-order valence-electron chi connectivity index (χ2n) is 6.90. The second kappa shape index (κ2) is 8.08. The summed E-state index contributed by atoms with van der Waals surface area (Å²) >= 11 is 0. The predicted octanol–water partition coefficient (Wildman–Crippen LogP) is 1.56. The van der Waals surface area contributed by atoms with E-state index in [2.05, 4.69) is 30.7 Å². The maximum absolute atomic E-state index is 12.4. The van der Waals surface area contributed by atoms with Gasteiger partial charge in [0.2, 0.25) is 11.8 Å². The molecular weight excluding hydrogens is 356 g/mol. The van der Waals surface area contributed by atoms with Crippen molar-refractivity contribution in [1.82, 2.24) is 25.8 Å². The number of carbonyl (C=O) groups is 2. The number of hydrogen-bond acceptors (Lipinski definition) is 5. The molecule has 0 spiro atoms. The Morgan fingerprint density at radius 1 is 1.14 bits per heavy atom. The van der Waals surface area contributed by atoms with Crippen LogP contribution in [0.3, 0.4) is 0 Å². The van der Waals surface area contributed by atoms with E-state index in [9.17, 15) is 9.59 Å². The van der Waals surface area contributed by atoms with Crippen molar-refractivity contribution in [2.45, 2.75) is 19.3 Å². The van der Waals surface area contributed by atoms with Crippen molar-refractivity contribution in [3.05, 3.63) is 54.6 Å². The third-order valence-corrected chi connectivity index (χ3v) is 5.09. The van der Waals surface area contributed by atoms with Gasteiger partial charge in [-0.1, -0.05) is 18.2 Å². The lowest BCUT2D eigenvalue weighted by atomic mass is 9.96. The molecule has 0 unspecified atom stereocenters. The van der Waals surface area contributed by atoms with E-state index in [0.717, 1.165) is 35.4 Å². The molecule has 3 N–H and O–H groups in total. The lowest BCUT2D eigenvalue weighted by molar-refractivity contribution is -0.131. The first kappa shape index (κ1) is 18.0. The molecule has 28 heavy (non-hydrogen) atoms. The Morgan fingerprint density at radius 3 is 2.75 bits per heavy atom. The molecule has 3 heterocycles. The molecule has 1 aliphatic heterocycles. The van der Waals surface area contributed by atoms with Gasteiger partial charge in [0.1, 0.15) is 5.82 Å². The van der Waals surface area contributed by atoms with Crippen LogP contribution < -0.4 is 15.8 Å². The van der Waals surface area contributed by atoms with Crippen LogP contribution in [0.2, 0.25) is 0 Å². The summed E-state index contributed by atoms with van der Waals surface area (Å²) in [4.78, 5) is 38.2. The normalized spacial score (nSPS) is 14.8. The highest BCUT2D eigenvalue weighted by Gasteiger charge is 2.26. The number of anilines is 1. The van der Waals surface area contributed by atoms with Crippen molar-refractivity contribution in [3.63, 3.8) is 0 Å². The highest BCUT2D eigenvalue weighted by atomic mass is 16.2. The van der Waals surface area contributed by atoms with E-state index in [-0.39, 0.29) is 24.2 Å². The van der Waals surface area contributed by atoms with E-state index in [1.54, 1.807) is 18.6 Å². The van der Waals surface area contributed by atoms with Crippen LogP contribution in [-0.4, -0.2) is 39.9 Å². The molecule has 144 valence electrons. The van der Waals surface area contributed by atoms with Gasteiger partial charge in [0.15, 0.2) is 0 Å². The van der Waals surface area contributed by atoms with Crippen LogP contribution in [0.1, 0.15) is 18.4 Å². The minimum absolute atomic E-state index is 0.124. The van der Waals surface area contributed by atoms with Crippen LogP contribution in [0.25, 0.3) is 10.9 Å². The Bertz CT molecular complexity index is 963. The molecule has 1 aliphatic rings. The number of fused-ring (bicyclic) bond motifs is 1. The molecule has 1 aromatic carbocycles. The molecule has 0 bridgehead atoms. The molecule has 0 atom stereocenters. The van der Waals surface area contributed by atoms with Crippen LogP contribution in [0.5, 0.6) is 0 Å². The van der Waals surface area contributed by atoms with Crippen molar-refractivity contribution in [2.24, 2.45) is 5.92 Å². The average molecular weight is 378 g/mol. The Hall–Kier alpha value is -3.42. The third kappa shape index (κ3) is 3.95. The summed E-state index contributed by atoms with van der Waals surface area (Å²) in [7, 11) is 0. The largest absolute Gasteiger partial charge is 0.361 e. The van der Waals surface area contributed by atoms with Crippen molar-refractivity contribution >= 4 is 28.5 Å². The van der Waals surface area contributed by atoms with Crippen molar-refractivity contribution in [3.8, 4) is 0 Å². The zero-order valence-electron chi connectivity index (χ0n) is 15.4. The summed E-state index contributed by atoms with van der Waals surface area (Å²) in [5.41, 5.74) is 7.00. The molecule has 1 fully saturated rings. The SMILES string of the molecule is O=C(Cc1c[nH]c2ccccc12)NNC(=O)C1CCN(c2cnccn2)CC1. The standard InChI is InChI=1S/C20H22N6O2/c27-19(11-15-12-23-17-4-2-1-3-16(15)17)24-25-20(28)14-5-9-26(10-6-14)18-13-21-7-8-22-18/h1-4,7-8,12-14,23H,5-6,9-11H2,(H,24,27)(H,25,28). The van der Waals surface area contributed by atoms with Crippen molar-refractivity contribution in [1.29, 1.82) is 0 Å². The number of hydrogen-bond donors (Lipinski definition) is 3. The molecule has 0 radical (unpaired) electrons. The summed E-state index contributed by atoms with van der Waals surface area (Å²) in [6.07, 6.45) is 8.48. The minimum Gasteiger partial charge on any atom is -0.361 e. The Kier molecular flexibility index (Phi) is 5.18. The number of nitrogens with zero attached hydrogens (tertiary/aromatic N) is 3. The number of nitrogens with one attached hydrogen (secondary N) is 3. The van der Waals surface area contributed by atoms with E-state index in [0.29, 0.717) is 12.8 Å². The fourth-order valence-electron chi connectivity index (χ4n) is 3.55. The molecule has 4 rings (SSSR count). The fourth-order valence-corrected chi connectivity index (χ4v) is 3.55. The molecule has 8 heteroatoms. The lowest BCUT2D eigenvalue weighted by Gasteiger charge is -2.31. The van der Waals surface area contributed by atoms with Gasteiger partial charge in [-0.2, -0.15) is 0 Å². The molecule has 1 saturated heterocycles. The van der Waals surface area contributed by atoms with Gasteiger partial charge in [-0.3, -0.25) is 25.4 Å². The Balaban J connectivity index is 1.25. The van der Waals surface area contributed by atoms with Gasteiger partial charge in [-0.25, -0.2) is 4.98 Å². The first-order chi connectivity index (χ1) is 13.7. The molecule has 0 saturated carbocycles. The molecule has 3 aromatic rings. The number of carbonyl (C=O) groups excluding carboxylic acids is 2. The number of amides is 2. The monoisotopic (exact) mass is 378 g/mol. The van der Waals surface area contributed by atoms with Gasteiger partial charge in [0, 0.05) is 48.5 Å². The highest BCUT2D eigenvalue weighted by Crippen LogP contribution is 2.21. The second-order valence-corrected chi connectivity index (χ2v) is 6.90. The smallest absolute Gasteiger partial charge is 0.242 e. The van der Waals surface area contributed by atoms with Gasteiger partial charge < -0.3 is 9.88 Å². The molecule has 8 nitrogen and oxygen atoms in total. The van der Waals surface area contributed by atoms with Crippen LogP contribution in [0.4, 0.5) is 5.82 Å².